The van der Waals surface area contributed by atoms with E-state index in [-0.39, 0.29) is 71.4 Å². The molecule has 0 aliphatic carbocycles. The smallest absolute Gasteiger partial charge is 0.0596 e. The first-order chi connectivity index (χ1) is 17.4. The van der Waals surface area contributed by atoms with E-state index in [2.05, 4.69) is 96.9 Å². The van der Waals surface area contributed by atoms with Crippen molar-refractivity contribution in [3.8, 4) is 0 Å². The predicted octanol–water partition coefficient (Wildman–Crippen LogP) is 7.52. The summed E-state index contributed by atoms with van der Waals surface area (Å²) in [6.07, 6.45) is 0.240. The van der Waals surface area contributed by atoms with Gasteiger partial charge in [-0.3, -0.25) is 0 Å². The molecular formula is C34H70O4. The Morgan fingerprint density at radius 3 is 0.789 bits per heavy atom. The molecule has 0 heterocycles. The molecule has 17 unspecified atom stereocenters. The molecule has 38 heavy (non-hydrogen) atoms. The lowest BCUT2D eigenvalue weighted by molar-refractivity contribution is -0.0451. The van der Waals surface area contributed by atoms with E-state index in [1.165, 1.54) is 0 Å². The van der Waals surface area contributed by atoms with Gasteiger partial charge in [0.05, 0.1) is 24.4 Å². The highest BCUT2D eigenvalue weighted by atomic mass is 16.3. The monoisotopic (exact) mass is 543 g/mol. The molecule has 0 aromatic rings. The van der Waals surface area contributed by atoms with Crippen LogP contribution in [0.3, 0.4) is 0 Å². The Bertz CT molecular complexity index is 574. The first-order valence-electron chi connectivity index (χ1n) is 16.1. The highest BCUT2D eigenvalue weighted by molar-refractivity contribution is 4.88. The van der Waals surface area contributed by atoms with E-state index >= 15 is 0 Å². The van der Waals surface area contributed by atoms with Gasteiger partial charge in [-0.2, -0.15) is 0 Å². The summed E-state index contributed by atoms with van der Waals surface area (Å²) in [6, 6.07) is 0. The molecule has 0 amide bonds. The minimum Gasteiger partial charge on any atom is -0.393 e. The largest absolute Gasteiger partial charge is 0.393 e. The lowest BCUT2D eigenvalue weighted by Gasteiger charge is -2.42. The molecule has 17 atom stereocenters. The van der Waals surface area contributed by atoms with Crippen LogP contribution in [0.4, 0.5) is 0 Å². The Morgan fingerprint density at radius 1 is 0.316 bits per heavy atom. The Labute approximate surface area is 238 Å². The van der Waals surface area contributed by atoms with Gasteiger partial charge in [0, 0.05) is 0 Å². The van der Waals surface area contributed by atoms with Crippen molar-refractivity contribution in [3.63, 3.8) is 0 Å². The standard InChI is InChI=1S/C34H70O4/c1-16-18(3)32(36)26(11)21(6)22(7)28(13)34(38)30(15)24(9)23(8)29(14)33(37)27(12)20(5)19(4)25(10)31(35)17-2/h18-38H,16-17H2,1-15H3. The van der Waals surface area contributed by atoms with Crippen LogP contribution in [0.25, 0.3) is 0 Å². The van der Waals surface area contributed by atoms with Gasteiger partial charge in [0.25, 0.3) is 0 Å². The summed E-state index contributed by atoms with van der Waals surface area (Å²) in [4.78, 5) is 0. The lowest BCUT2D eigenvalue weighted by atomic mass is 9.66. The van der Waals surface area contributed by atoms with E-state index < -0.39 is 12.2 Å². The van der Waals surface area contributed by atoms with Crippen LogP contribution in [0, 0.1) is 76.9 Å². The number of aliphatic hydroxyl groups is 4. The van der Waals surface area contributed by atoms with Crippen LogP contribution >= 0.6 is 0 Å². The summed E-state index contributed by atoms with van der Waals surface area (Å²) in [5, 5.41) is 44.1. The van der Waals surface area contributed by atoms with Crippen molar-refractivity contribution in [1.29, 1.82) is 0 Å². The molecule has 0 aromatic carbocycles. The third-order valence-electron chi connectivity index (χ3n) is 12.4. The van der Waals surface area contributed by atoms with Crippen LogP contribution in [0.1, 0.15) is 117 Å². The quantitative estimate of drug-likeness (QED) is 0.144. The van der Waals surface area contributed by atoms with E-state index in [9.17, 15) is 20.4 Å². The van der Waals surface area contributed by atoms with Gasteiger partial charge in [-0.25, -0.2) is 0 Å². The molecule has 0 saturated heterocycles. The van der Waals surface area contributed by atoms with Gasteiger partial charge in [0.2, 0.25) is 0 Å². The molecule has 0 fully saturated rings. The summed E-state index contributed by atoms with van der Waals surface area (Å²) in [6.45, 7) is 32.5. The van der Waals surface area contributed by atoms with Crippen molar-refractivity contribution in [2.75, 3.05) is 0 Å². The van der Waals surface area contributed by atoms with Crippen molar-refractivity contribution in [2.45, 2.75) is 141 Å². The summed E-state index contributed by atoms with van der Waals surface area (Å²) in [7, 11) is 0. The summed E-state index contributed by atoms with van der Waals surface area (Å²) >= 11 is 0. The molecule has 230 valence electrons. The number of rotatable bonds is 18. The topological polar surface area (TPSA) is 80.9 Å². The highest BCUT2D eigenvalue weighted by Crippen LogP contribution is 2.40. The molecule has 4 nitrogen and oxygen atoms in total. The lowest BCUT2D eigenvalue weighted by Crippen LogP contribution is -2.43. The molecule has 0 bridgehead atoms. The minimum absolute atomic E-state index is 0.102. The molecular weight excluding hydrogens is 472 g/mol. The van der Waals surface area contributed by atoms with E-state index in [0.29, 0.717) is 17.8 Å². The average Bonchev–Trinajstić information content (AvgIpc) is 2.93. The zero-order chi connectivity index (χ0) is 30.2. The maximum absolute atomic E-state index is 11.5. The first-order valence-corrected chi connectivity index (χ1v) is 16.1. The van der Waals surface area contributed by atoms with E-state index in [0.717, 1.165) is 12.8 Å². The van der Waals surface area contributed by atoms with Crippen LogP contribution in [0.5, 0.6) is 0 Å². The summed E-state index contributed by atoms with van der Waals surface area (Å²) in [5.41, 5.74) is 0. The van der Waals surface area contributed by atoms with E-state index in [1.807, 2.05) is 6.92 Å². The Balaban J connectivity index is 5.35. The van der Waals surface area contributed by atoms with Crippen molar-refractivity contribution >= 4 is 0 Å². The second-order valence-electron chi connectivity index (χ2n) is 14.1. The summed E-state index contributed by atoms with van der Waals surface area (Å²) < 4.78 is 0. The van der Waals surface area contributed by atoms with Crippen LogP contribution < -0.4 is 0 Å². The van der Waals surface area contributed by atoms with Gasteiger partial charge in [0.15, 0.2) is 0 Å². The van der Waals surface area contributed by atoms with Gasteiger partial charge in [-0.15, -0.1) is 0 Å². The highest BCUT2D eigenvalue weighted by Gasteiger charge is 2.39. The fourth-order valence-electron chi connectivity index (χ4n) is 6.87. The third-order valence-corrected chi connectivity index (χ3v) is 12.4. The maximum Gasteiger partial charge on any atom is 0.0596 e. The molecule has 0 rings (SSSR count). The Hall–Kier alpha value is -0.160. The molecule has 0 radical (unpaired) electrons. The zero-order valence-corrected chi connectivity index (χ0v) is 28.0. The number of hydrogen-bond acceptors (Lipinski definition) is 4. The normalized spacial score (nSPS) is 26.3. The van der Waals surface area contributed by atoms with E-state index in [1.54, 1.807) is 0 Å². The first kappa shape index (κ1) is 37.8. The molecule has 4 N–H and O–H groups in total. The van der Waals surface area contributed by atoms with Crippen LogP contribution in [-0.4, -0.2) is 44.8 Å². The van der Waals surface area contributed by atoms with Gasteiger partial charge in [0.1, 0.15) is 0 Å². The minimum atomic E-state index is -0.435. The van der Waals surface area contributed by atoms with Crippen molar-refractivity contribution in [1.82, 2.24) is 0 Å². The van der Waals surface area contributed by atoms with Crippen molar-refractivity contribution < 1.29 is 20.4 Å². The van der Waals surface area contributed by atoms with Crippen molar-refractivity contribution in [3.05, 3.63) is 0 Å². The molecule has 4 heteroatoms. The third kappa shape index (κ3) is 9.45. The van der Waals surface area contributed by atoms with Gasteiger partial charge >= 0.3 is 0 Å². The van der Waals surface area contributed by atoms with Crippen LogP contribution in [0.15, 0.2) is 0 Å². The summed E-state index contributed by atoms with van der Waals surface area (Å²) in [5.74, 6) is 2.83. The molecule has 0 spiro atoms. The zero-order valence-electron chi connectivity index (χ0n) is 28.0. The number of hydrogen-bond donors (Lipinski definition) is 4. The maximum atomic E-state index is 11.5. The second-order valence-corrected chi connectivity index (χ2v) is 14.1. The van der Waals surface area contributed by atoms with Gasteiger partial charge < -0.3 is 20.4 Å². The molecule has 0 aromatic heterocycles. The molecule has 0 saturated carbocycles. The number of aliphatic hydroxyl groups excluding tert-OH is 4. The average molecular weight is 543 g/mol. The van der Waals surface area contributed by atoms with Crippen LogP contribution in [0.2, 0.25) is 0 Å². The SMILES string of the molecule is CCC(C)C(O)C(C)C(C)C(C)C(C)C(O)C(C)C(C)C(C)C(C)C(O)C(C)C(C)C(C)C(C)C(O)CC. The van der Waals surface area contributed by atoms with Crippen LogP contribution in [-0.2, 0) is 0 Å². The fourth-order valence-corrected chi connectivity index (χ4v) is 6.87. The predicted molar refractivity (Wildman–Crippen MR) is 164 cm³/mol. The van der Waals surface area contributed by atoms with Gasteiger partial charge in [-0.05, 0) is 83.4 Å². The van der Waals surface area contributed by atoms with Crippen molar-refractivity contribution in [2.24, 2.45) is 76.9 Å². The second kappa shape index (κ2) is 16.9. The van der Waals surface area contributed by atoms with Gasteiger partial charge in [-0.1, -0.05) is 110 Å². The molecule has 0 aliphatic heterocycles. The van der Waals surface area contributed by atoms with E-state index in [4.69, 9.17) is 0 Å². The Morgan fingerprint density at radius 2 is 0.553 bits per heavy atom. The molecule has 0 aliphatic rings. The Kier molecular flexibility index (Phi) is 16.9. The fraction of sp³-hybridized carbons (Fsp3) is 1.00.